The maximum atomic E-state index is 14.6. The molecule has 0 saturated carbocycles. The molecule has 4 aromatic carbocycles. The molecule has 80 heavy (non-hydrogen) atoms. The summed E-state index contributed by atoms with van der Waals surface area (Å²) in [5.41, 5.74) is 14.5. The molecule has 0 radical (unpaired) electrons. The molecule has 8 heterocycles. The summed E-state index contributed by atoms with van der Waals surface area (Å²) >= 11 is 6.13. The zero-order valence-electron chi connectivity index (χ0n) is 42.6. The number of hydrogen-bond acceptors (Lipinski definition) is 12. The Balaban J connectivity index is 0.000000157. The number of benzene rings is 4. The van der Waals surface area contributed by atoms with Gasteiger partial charge in [-0.2, -0.15) is 0 Å². The van der Waals surface area contributed by atoms with Crippen molar-refractivity contribution < 1.29 is 46.0 Å². The first-order valence-electron chi connectivity index (χ1n) is 24.4. The van der Waals surface area contributed by atoms with Crippen molar-refractivity contribution in [2.75, 3.05) is 22.1 Å². The summed E-state index contributed by atoms with van der Waals surface area (Å²) in [5.74, 6) is -5.76. The van der Waals surface area contributed by atoms with Crippen molar-refractivity contribution in [3.05, 3.63) is 195 Å². The van der Waals surface area contributed by atoms with E-state index in [1.165, 1.54) is 10.6 Å². The third-order valence-corrected chi connectivity index (χ3v) is 13.9. The van der Waals surface area contributed by atoms with Crippen LogP contribution in [0.25, 0.3) is 45.2 Å². The van der Waals surface area contributed by atoms with Crippen molar-refractivity contribution in [2.45, 2.75) is 51.4 Å². The minimum absolute atomic E-state index is 0.107. The number of nitrogens with zero attached hydrogens (tertiary/aromatic N) is 8. The summed E-state index contributed by atoms with van der Waals surface area (Å²) in [6, 6.07) is 28.3. The van der Waals surface area contributed by atoms with Gasteiger partial charge in [0.1, 0.15) is 57.9 Å². The van der Waals surface area contributed by atoms with Gasteiger partial charge in [-0.05, 0) is 86.7 Å². The van der Waals surface area contributed by atoms with Crippen LogP contribution < -0.4 is 27.6 Å². The normalized spacial score (nSPS) is 13.7. The number of imidazole rings is 2. The van der Waals surface area contributed by atoms with Gasteiger partial charge >= 0.3 is 7.12 Å². The lowest BCUT2D eigenvalue weighted by atomic mass is 9.81. The van der Waals surface area contributed by atoms with Crippen molar-refractivity contribution in [3.63, 3.8) is 0 Å². The topological polar surface area (TPSA) is 237 Å². The van der Waals surface area contributed by atoms with Gasteiger partial charge in [-0.3, -0.25) is 9.59 Å². The number of hydrogen-bond donors (Lipinski definition) is 6. The Morgan fingerprint density at radius 1 is 0.537 bits per heavy atom. The Morgan fingerprint density at radius 3 is 1.41 bits per heavy atom. The SMILES string of the molecule is CC1(C)C(=O)Nc2nc(-c3nc(Cc4c(F)ccc(F)c4F)n4cc(-c5ccccc5)ccc34)nc(N)c21.CC1(C)C(=O)Nc2nc(-c3nc(Cc4c(F)ccc(F)c4F)n4cc(Cl)ccc34)nc(N)c21.OB(O)c1ccccc1. The Hall–Kier alpha value is -9.19. The van der Waals surface area contributed by atoms with Crippen LogP contribution in [0.3, 0.4) is 0 Å². The van der Waals surface area contributed by atoms with E-state index in [0.717, 1.165) is 35.4 Å². The molecule has 2 amide bonds. The monoisotopic (exact) mass is 1110 g/mol. The first-order chi connectivity index (χ1) is 38.0. The zero-order chi connectivity index (χ0) is 57.1. The molecule has 16 nitrogen and oxygen atoms in total. The number of nitrogen functional groups attached to an aromatic ring is 2. The van der Waals surface area contributed by atoms with E-state index in [-0.39, 0.29) is 76.9 Å². The number of amides is 2. The highest BCUT2D eigenvalue weighted by molar-refractivity contribution is 6.58. The number of nitrogens with two attached hydrogens (primary N) is 2. The predicted octanol–water partition coefficient (Wildman–Crippen LogP) is 8.91. The molecular weight excluding hydrogens is 1060 g/mol. The lowest BCUT2D eigenvalue weighted by Gasteiger charge is -2.16. The molecule has 2 aliphatic heterocycles. The Labute approximate surface area is 456 Å². The highest BCUT2D eigenvalue weighted by atomic mass is 35.5. The van der Waals surface area contributed by atoms with Crippen LogP contribution in [-0.2, 0) is 33.3 Å². The van der Waals surface area contributed by atoms with Gasteiger partial charge in [-0.25, -0.2) is 56.2 Å². The first kappa shape index (κ1) is 54.2. The molecular formula is C56H44BClF6N12O4. The Kier molecular flexibility index (Phi) is 14.1. The van der Waals surface area contributed by atoms with Gasteiger partial charge in [0.05, 0.1) is 38.0 Å². The fourth-order valence-electron chi connectivity index (χ4n) is 9.39. The van der Waals surface area contributed by atoms with E-state index in [4.69, 9.17) is 33.1 Å². The molecule has 6 aromatic heterocycles. The van der Waals surface area contributed by atoms with E-state index in [1.807, 2.05) is 42.5 Å². The standard InChI is InChI=1S/C28H21F3N6O.C22H16ClF3N6O.C6H7BO2/c1-28(2)21-24(32)34-26(35-25(21)36-27(28)38)23-19-11-8-15(14-6-4-3-5-7-14)13-37(19)20(33-23)12-16-17(29)9-10-18(30)22(16)31;1-22(2)15-18(27)29-20(30-19(15)31-21(22)33)17-13-6-3-9(23)8-32(13)14(28-17)7-10-11(24)4-5-12(25)16(10)26;8-7(9)6-4-2-1-3-5-6/h3-11,13H,12H2,1-2H3,(H3,32,34,35,36,38);3-6,8H,7H2,1-2H3,(H3,27,29,30,31,33);1-5,8-9H. The number of anilines is 4. The highest BCUT2D eigenvalue weighted by Gasteiger charge is 2.44. The van der Waals surface area contributed by atoms with Crippen LogP contribution in [0.1, 0.15) is 61.6 Å². The first-order valence-corrected chi connectivity index (χ1v) is 24.8. The Bertz CT molecular complexity index is 4130. The average Bonchev–Trinajstić information content (AvgIpc) is 4.19. The van der Waals surface area contributed by atoms with Crippen molar-refractivity contribution >= 4 is 70.3 Å². The summed E-state index contributed by atoms with van der Waals surface area (Å²) in [4.78, 5) is 51.7. The molecule has 24 heteroatoms. The van der Waals surface area contributed by atoms with Crippen LogP contribution >= 0.6 is 11.6 Å². The number of pyridine rings is 2. The molecule has 0 spiro atoms. The Morgan fingerprint density at radius 2 is 0.963 bits per heavy atom. The number of nitrogens with one attached hydrogen (secondary N) is 2. The highest BCUT2D eigenvalue weighted by Crippen LogP contribution is 2.42. The maximum absolute atomic E-state index is 14.6. The summed E-state index contributed by atoms with van der Waals surface area (Å²) in [5, 5.41) is 22.9. The number of carbonyl (C=O) groups excluding carboxylic acids is 2. The van der Waals surface area contributed by atoms with Crippen molar-refractivity contribution in [1.82, 2.24) is 38.7 Å². The molecule has 0 fully saturated rings. The van der Waals surface area contributed by atoms with Crippen molar-refractivity contribution in [3.8, 4) is 34.2 Å². The van der Waals surface area contributed by atoms with E-state index in [9.17, 15) is 35.9 Å². The van der Waals surface area contributed by atoms with Crippen LogP contribution in [0, 0.1) is 34.9 Å². The van der Waals surface area contributed by atoms with Crippen LogP contribution in [0.4, 0.5) is 49.6 Å². The van der Waals surface area contributed by atoms with Crippen LogP contribution in [0.15, 0.2) is 122 Å². The quantitative estimate of drug-likeness (QED) is 0.0475. The maximum Gasteiger partial charge on any atom is 0.488 e. The van der Waals surface area contributed by atoms with Gasteiger partial charge in [0, 0.05) is 36.4 Å². The minimum Gasteiger partial charge on any atom is -0.423 e. The van der Waals surface area contributed by atoms with Gasteiger partial charge in [0.25, 0.3) is 0 Å². The smallest absolute Gasteiger partial charge is 0.423 e. The molecule has 8 N–H and O–H groups in total. The van der Waals surface area contributed by atoms with Gasteiger partial charge in [-0.1, -0.05) is 78.3 Å². The van der Waals surface area contributed by atoms with Crippen LogP contribution in [-0.4, -0.2) is 67.7 Å². The molecule has 10 aromatic rings. The molecule has 404 valence electrons. The van der Waals surface area contributed by atoms with Crippen LogP contribution in [0.5, 0.6) is 0 Å². The molecule has 0 atom stereocenters. The average molecular weight is 1110 g/mol. The van der Waals surface area contributed by atoms with E-state index >= 15 is 0 Å². The second kappa shape index (κ2) is 20.9. The molecule has 0 bridgehead atoms. The zero-order valence-corrected chi connectivity index (χ0v) is 43.4. The minimum atomic E-state index is -1.34. The third kappa shape index (κ3) is 9.90. The second-order valence-electron chi connectivity index (χ2n) is 19.6. The van der Waals surface area contributed by atoms with Crippen molar-refractivity contribution in [1.29, 1.82) is 0 Å². The van der Waals surface area contributed by atoms with Gasteiger partial charge < -0.3 is 41.0 Å². The number of rotatable bonds is 8. The lowest BCUT2D eigenvalue weighted by molar-refractivity contribution is -0.120. The fraction of sp³-hybridized carbons (Fsp3) is 0.143. The van der Waals surface area contributed by atoms with E-state index in [0.29, 0.717) is 38.3 Å². The number of aromatic nitrogens is 8. The number of fused-ring (bicyclic) bond motifs is 4. The van der Waals surface area contributed by atoms with E-state index in [1.54, 1.807) is 80.8 Å². The molecule has 12 rings (SSSR count). The third-order valence-electron chi connectivity index (χ3n) is 13.7. The van der Waals surface area contributed by atoms with E-state index < -0.39 is 64.0 Å². The molecule has 2 aliphatic rings. The summed E-state index contributed by atoms with van der Waals surface area (Å²) < 4.78 is 88.7. The summed E-state index contributed by atoms with van der Waals surface area (Å²) in [7, 11) is -1.34. The van der Waals surface area contributed by atoms with Crippen LogP contribution in [0.2, 0.25) is 5.02 Å². The van der Waals surface area contributed by atoms with Gasteiger partial charge in [-0.15, -0.1) is 0 Å². The van der Waals surface area contributed by atoms with Crippen molar-refractivity contribution in [2.24, 2.45) is 0 Å². The van der Waals surface area contributed by atoms with Gasteiger partial charge in [0.15, 0.2) is 34.9 Å². The second-order valence-corrected chi connectivity index (χ2v) is 20.1. The van der Waals surface area contributed by atoms with E-state index in [2.05, 4.69) is 40.5 Å². The summed E-state index contributed by atoms with van der Waals surface area (Å²) in [6.45, 7) is 6.87. The van der Waals surface area contributed by atoms with Gasteiger partial charge in [0.2, 0.25) is 11.8 Å². The molecule has 0 aliphatic carbocycles. The fourth-order valence-corrected chi connectivity index (χ4v) is 9.55. The summed E-state index contributed by atoms with van der Waals surface area (Å²) in [6.07, 6.45) is 2.60. The lowest BCUT2D eigenvalue weighted by Crippen LogP contribution is -2.29. The number of halogens is 7. The number of carbonyl (C=O) groups is 2. The molecule has 0 unspecified atom stereocenters. The molecule has 0 saturated heterocycles. The largest absolute Gasteiger partial charge is 0.488 e. The predicted molar refractivity (Wildman–Crippen MR) is 290 cm³/mol.